The molecule has 0 bridgehead atoms. The van der Waals surface area contributed by atoms with Crippen molar-refractivity contribution in [1.82, 2.24) is 4.90 Å². The highest BCUT2D eigenvalue weighted by Crippen LogP contribution is 2.29. The molecule has 0 aliphatic carbocycles. The lowest BCUT2D eigenvalue weighted by Crippen LogP contribution is -2.46. The standard InChI is InChI=1S/C22H29N5O3S/c1-2-25-11-13-26(14-12-25)19-5-3-18(4-6-19)24-22(28)16-27-10-9-17-15-20(31(23,29)30)7-8-21(17)27/h3-8,15H,2,9-14,16H2,1H3,(H,24,28)(H2,23,29,30). The highest BCUT2D eigenvalue weighted by Gasteiger charge is 2.23. The van der Waals surface area contributed by atoms with Crippen LogP contribution in [0.2, 0.25) is 0 Å². The lowest BCUT2D eigenvalue weighted by molar-refractivity contribution is -0.115. The number of sulfonamides is 1. The van der Waals surface area contributed by atoms with Crippen molar-refractivity contribution >= 4 is 33.0 Å². The van der Waals surface area contributed by atoms with Gasteiger partial charge in [-0.3, -0.25) is 4.79 Å². The first-order valence-electron chi connectivity index (χ1n) is 10.6. The van der Waals surface area contributed by atoms with Crippen molar-refractivity contribution in [3.8, 4) is 0 Å². The van der Waals surface area contributed by atoms with E-state index in [1.165, 1.54) is 11.8 Å². The number of likely N-dealkylation sites (N-methyl/N-ethyl adjacent to an activating group) is 1. The second-order valence-electron chi connectivity index (χ2n) is 8.02. The number of benzene rings is 2. The van der Waals surface area contributed by atoms with Crippen molar-refractivity contribution < 1.29 is 13.2 Å². The molecule has 9 heteroatoms. The summed E-state index contributed by atoms with van der Waals surface area (Å²) in [4.78, 5) is 19.5. The van der Waals surface area contributed by atoms with E-state index >= 15 is 0 Å². The first kappa shape index (κ1) is 21.6. The zero-order valence-corrected chi connectivity index (χ0v) is 18.6. The molecular formula is C22H29N5O3S. The number of anilines is 3. The summed E-state index contributed by atoms with van der Waals surface area (Å²) in [5.41, 5.74) is 3.72. The summed E-state index contributed by atoms with van der Waals surface area (Å²) in [6, 6.07) is 12.8. The summed E-state index contributed by atoms with van der Waals surface area (Å²) in [5.74, 6) is -0.104. The SMILES string of the molecule is CCN1CCN(c2ccc(NC(=O)CN3CCc4cc(S(N)(=O)=O)ccc43)cc2)CC1. The number of nitrogens with two attached hydrogens (primary N) is 1. The van der Waals surface area contributed by atoms with Crippen LogP contribution in [0.15, 0.2) is 47.4 Å². The van der Waals surface area contributed by atoms with E-state index in [-0.39, 0.29) is 17.3 Å². The Bertz CT molecular complexity index is 1050. The Balaban J connectivity index is 1.34. The third kappa shape index (κ3) is 5.00. The molecule has 3 N–H and O–H groups in total. The number of rotatable bonds is 6. The fraction of sp³-hybridized carbons (Fsp3) is 0.409. The third-order valence-electron chi connectivity index (χ3n) is 6.04. The molecule has 2 aliphatic heterocycles. The van der Waals surface area contributed by atoms with E-state index < -0.39 is 10.0 Å². The molecule has 0 saturated carbocycles. The van der Waals surface area contributed by atoms with Crippen LogP contribution in [0.3, 0.4) is 0 Å². The van der Waals surface area contributed by atoms with E-state index in [1.807, 2.05) is 17.0 Å². The Morgan fingerprint density at radius 2 is 1.74 bits per heavy atom. The molecule has 0 atom stereocenters. The zero-order valence-electron chi connectivity index (χ0n) is 17.8. The van der Waals surface area contributed by atoms with Crippen LogP contribution in [0.1, 0.15) is 12.5 Å². The van der Waals surface area contributed by atoms with Gasteiger partial charge in [0.05, 0.1) is 11.4 Å². The van der Waals surface area contributed by atoms with E-state index in [4.69, 9.17) is 5.14 Å². The number of primary sulfonamides is 1. The van der Waals surface area contributed by atoms with Crippen LogP contribution < -0.4 is 20.3 Å². The third-order valence-corrected chi connectivity index (χ3v) is 6.95. The van der Waals surface area contributed by atoms with Gasteiger partial charge in [0.15, 0.2) is 0 Å². The van der Waals surface area contributed by atoms with Crippen molar-refractivity contribution in [1.29, 1.82) is 0 Å². The molecule has 0 spiro atoms. The number of nitrogens with zero attached hydrogens (tertiary/aromatic N) is 3. The minimum atomic E-state index is -3.73. The molecular weight excluding hydrogens is 414 g/mol. The topological polar surface area (TPSA) is 99.0 Å². The van der Waals surface area contributed by atoms with Gasteiger partial charge in [-0.05, 0) is 61.0 Å². The highest BCUT2D eigenvalue weighted by atomic mass is 32.2. The minimum absolute atomic E-state index is 0.104. The van der Waals surface area contributed by atoms with Gasteiger partial charge in [-0.1, -0.05) is 6.92 Å². The van der Waals surface area contributed by atoms with Crippen LogP contribution in [0.25, 0.3) is 0 Å². The molecule has 0 aromatic heterocycles. The van der Waals surface area contributed by atoms with Crippen LogP contribution in [0, 0.1) is 0 Å². The number of carbonyl (C=O) groups excluding carboxylic acids is 1. The van der Waals surface area contributed by atoms with Crippen molar-refractivity contribution in [3.63, 3.8) is 0 Å². The lowest BCUT2D eigenvalue weighted by Gasteiger charge is -2.35. The summed E-state index contributed by atoms with van der Waals surface area (Å²) in [6.45, 7) is 8.34. The second-order valence-corrected chi connectivity index (χ2v) is 9.58. The minimum Gasteiger partial charge on any atom is -0.369 e. The van der Waals surface area contributed by atoms with E-state index in [9.17, 15) is 13.2 Å². The molecule has 166 valence electrons. The van der Waals surface area contributed by atoms with Crippen LogP contribution in [0.4, 0.5) is 17.1 Å². The van der Waals surface area contributed by atoms with Gasteiger partial charge in [0.25, 0.3) is 0 Å². The average molecular weight is 444 g/mol. The second kappa shape index (κ2) is 8.86. The summed E-state index contributed by atoms with van der Waals surface area (Å²) < 4.78 is 23.1. The summed E-state index contributed by atoms with van der Waals surface area (Å²) in [6.07, 6.45) is 0.686. The molecule has 1 fully saturated rings. The fourth-order valence-corrected chi connectivity index (χ4v) is 4.80. The highest BCUT2D eigenvalue weighted by molar-refractivity contribution is 7.89. The van der Waals surface area contributed by atoms with Crippen LogP contribution in [0.5, 0.6) is 0 Å². The maximum absolute atomic E-state index is 12.6. The molecule has 2 heterocycles. The quantitative estimate of drug-likeness (QED) is 0.702. The summed E-state index contributed by atoms with van der Waals surface area (Å²) in [5, 5.41) is 8.17. The Morgan fingerprint density at radius 1 is 1.03 bits per heavy atom. The van der Waals surface area contributed by atoms with Gasteiger partial charge in [-0.25, -0.2) is 13.6 Å². The average Bonchev–Trinajstić information content (AvgIpc) is 3.16. The number of hydrogen-bond acceptors (Lipinski definition) is 6. The molecule has 2 aromatic rings. The predicted molar refractivity (Wildman–Crippen MR) is 123 cm³/mol. The Kier molecular flexibility index (Phi) is 6.17. The maximum Gasteiger partial charge on any atom is 0.243 e. The van der Waals surface area contributed by atoms with Crippen molar-refractivity contribution in [2.75, 3.05) is 60.9 Å². The molecule has 8 nitrogen and oxygen atoms in total. The predicted octanol–water partition coefficient (Wildman–Crippen LogP) is 1.48. The zero-order chi connectivity index (χ0) is 22.0. The number of carbonyl (C=O) groups is 1. The number of piperazine rings is 1. The molecule has 0 radical (unpaired) electrons. The Labute approximate surface area is 183 Å². The molecule has 0 unspecified atom stereocenters. The van der Waals surface area contributed by atoms with Gasteiger partial charge < -0.3 is 20.0 Å². The van der Waals surface area contributed by atoms with Gasteiger partial charge in [-0.2, -0.15) is 0 Å². The first-order chi connectivity index (χ1) is 14.8. The van der Waals surface area contributed by atoms with Crippen molar-refractivity contribution in [3.05, 3.63) is 48.0 Å². The van der Waals surface area contributed by atoms with Crippen molar-refractivity contribution in [2.45, 2.75) is 18.2 Å². The van der Waals surface area contributed by atoms with Gasteiger partial charge in [0.2, 0.25) is 15.9 Å². The number of fused-ring (bicyclic) bond motifs is 1. The molecule has 1 amide bonds. The monoisotopic (exact) mass is 443 g/mol. The molecule has 4 rings (SSSR count). The Hall–Kier alpha value is -2.62. The van der Waals surface area contributed by atoms with Crippen LogP contribution in [-0.4, -0.2) is 65.0 Å². The van der Waals surface area contributed by atoms with Gasteiger partial charge in [-0.15, -0.1) is 0 Å². The number of amides is 1. The normalized spacial score (nSPS) is 17.0. The number of nitrogens with one attached hydrogen (secondary N) is 1. The van der Waals surface area contributed by atoms with E-state index in [0.29, 0.717) is 13.0 Å². The summed E-state index contributed by atoms with van der Waals surface area (Å²) in [7, 11) is -3.73. The van der Waals surface area contributed by atoms with Crippen molar-refractivity contribution in [2.24, 2.45) is 5.14 Å². The molecule has 31 heavy (non-hydrogen) atoms. The van der Waals surface area contributed by atoms with Crippen LogP contribution in [-0.2, 0) is 21.2 Å². The molecule has 1 saturated heterocycles. The molecule has 2 aliphatic rings. The van der Waals surface area contributed by atoms with Gasteiger partial charge >= 0.3 is 0 Å². The van der Waals surface area contributed by atoms with Gasteiger partial charge in [0, 0.05) is 49.8 Å². The molecule has 2 aromatic carbocycles. The largest absolute Gasteiger partial charge is 0.369 e. The van der Waals surface area contributed by atoms with Gasteiger partial charge in [0.1, 0.15) is 0 Å². The Morgan fingerprint density at radius 3 is 2.39 bits per heavy atom. The number of hydrogen-bond donors (Lipinski definition) is 2. The smallest absolute Gasteiger partial charge is 0.243 e. The lowest BCUT2D eigenvalue weighted by atomic mass is 10.2. The first-order valence-corrected chi connectivity index (χ1v) is 12.2. The maximum atomic E-state index is 12.6. The van der Waals surface area contributed by atoms with E-state index in [1.54, 1.807) is 12.1 Å². The summed E-state index contributed by atoms with van der Waals surface area (Å²) >= 11 is 0. The van der Waals surface area contributed by atoms with Crippen LogP contribution >= 0.6 is 0 Å². The fourth-order valence-electron chi connectivity index (χ4n) is 4.24. The van der Waals surface area contributed by atoms with E-state index in [0.717, 1.165) is 49.7 Å². The van der Waals surface area contributed by atoms with E-state index in [2.05, 4.69) is 34.2 Å².